The Morgan fingerprint density at radius 2 is 1.95 bits per heavy atom. The van der Waals surface area contributed by atoms with Crippen LogP contribution in [0.4, 0.5) is 8.78 Å². The highest BCUT2D eigenvalue weighted by molar-refractivity contribution is 6.32. The van der Waals surface area contributed by atoms with E-state index in [1.807, 2.05) is 24.8 Å². The molecule has 0 spiro atoms. The Hall–Kier alpha value is -2.62. The third kappa shape index (κ3) is 6.83. The second-order valence-corrected chi connectivity index (χ2v) is 10.1. The van der Waals surface area contributed by atoms with E-state index in [0.717, 1.165) is 18.1 Å². The summed E-state index contributed by atoms with van der Waals surface area (Å²) in [5, 5.41) is 0.447. The van der Waals surface area contributed by atoms with Crippen molar-refractivity contribution in [1.82, 2.24) is 9.80 Å². The minimum absolute atomic E-state index is 0.0193. The molecule has 1 fully saturated rings. The molecule has 0 bridgehead atoms. The van der Waals surface area contributed by atoms with Crippen molar-refractivity contribution in [3.63, 3.8) is 0 Å². The topological polar surface area (TPSA) is 60.5 Å². The number of fused-ring (bicyclic) bond motifs is 1. The summed E-state index contributed by atoms with van der Waals surface area (Å²) in [6.07, 6.45) is 0.0522. The first-order valence-corrected chi connectivity index (χ1v) is 12.9. The van der Waals surface area contributed by atoms with E-state index in [4.69, 9.17) is 30.5 Å². The van der Waals surface area contributed by atoms with Crippen LogP contribution in [0.3, 0.4) is 0 Å². The second-order valence-electron chi connectivity index (χ2n) is 9.74. The minimum atomic E-state index is -0.752. The lowest BCUT2D eigenvalue weighted by Crippen LogP contribution is -2.51. The molecule has 1 saturated heterocycles. The van der Waals surface area contributed by atoms with Gasteiger partial charge in [-0.2, -0.15) is 0 Å². The van der Waals surface area contributed by atoms with E-state index in [2.05, 4.69) is 0 Å². The average molecular weight is 539 g/mol. The number of amides is 1. The van der Waals surface area contributed by atoms with Gasteiger partial charge in [0.2, 0.25) is 0 Å². The van der Waals surface area contributed by atoms with Crippen molar-refractivity contribution in [2.24, 2.45) is 5.92 Å². The van der Waals surface area contributed by atoms with Crippen LogP contribution in [0.2, 0.25) is 5.02 Å². The van der Waals surface area contributed by atoms with Gasteiger partial charge >= 0.3 is 0 Å². The van der Waals surface area contributed by atoms with Gasteiger partial charge in [0.25, 0.3) is 5.91 Å². The third-order valence-corrected chi connectivity index (χ3v) is 6.55. The van der Waals surface area contributed by atoms with E-state index in [1.54, 1.807) is 11.0 Å². The van der Waals surface area contributed by atoms with Crippen molar-refractivity contribution in [2.45, 2.75) is 39.5 Å². The molecule has 2 aromatic rings. The first-order chi connectivity index (χ1) is 17.7. The van der Waals surface area contributed by atoms with E-state index in [-0.39, 0.29) is 30.7 Å². The molecule has 7 nitrogen and oxygen atoms in total. The van der Waals surface area contributed by atoms with Crippen LogP contribution in [0.1, 0.15) is 31.4 Å². The molecule has 37 heavy (non-hydrogen) atoms. The number of rotatable bonds is 8. The molecule has 0 radical (unpaired) electrons. The molecule has 0 saturated carbocycles. The summed E-state index contributed by atoms with van der Waals surface area (Å²) in [5.41, 5.74) is 1.13. The maximum atomic E-state index is 14.4. The van der Waals surface area contributed by atoms with E-state index in [9.17, 15) is 13.6 Å². The Balaban J connectivity index is 1.48. The number of halogens is 3. The molecule has 1 atom stereocenters. The van der Waals surface area contributed by atoms with Crippen LogP contribution in [-0.4, -0.2) is 68.4 Å². The van der Waals surface area contributed by atoms with E-state index in [0.29, 0.717) is 61.5 Å². The number of methoxy groups -OCH3 is 1. The Morgan fingerprint density at radius 3 is 2.70 bits per heavy atom. The van der Waals surface area contributed by atoms with Gasteiger partial charge < -0.3 is 23.8 Å². The van der Waals surface area contributed by atoms with Crippen molar-refractivity contribution < 1.29 is 32.5 Å². The summed E-state index contributed by atoms with van der Waals surface area (Å²) in [6.45, 7) is 7.34. The summed E-state index contributed by atoms with van der Waals surface area (Å²) in [5.74, 6) is -0.249. The number of hydrogen-bond acceptors (Lipinski definition) is 6. The Labute approximate surface area is 221 Å². The summed E-state index contributed by atoms with van der Waals surface area (Å²) >= 11 is 6.47. The van der Waals surface area contributed by atoms with E-state index in [1.165, 1.54) is 13.2 Å². The average Bonchev–Trinajstić information content (AvgIpc) is 3.11. The molecule has 10 heteroatoms. The number of carbonyl (C=O) groups is 1. The number of nitrogens with zero attached hydrogens (tertiary/aromatic N) is 2. The number of ether oxygens (including phenoxy) is 4. The lowest BCUT2D eigenvalue weighted by molar-refractivity contribution is -0.151. The predicted octanol–water partition coefficient (Wildman–Crippen LogP) is 4.67. The Kier molecular flexibility index (Phi) is 9.10. The highest BCUT2D eigenvalue weighted by atomic mass is 35.5. The van der Waals surface area contributed by atoms with E-state index >= 15 is 0 Å². The summed E-state index contributed by atoms with van der Waals surface area (Å²) < 4.78 is 50.6. The first kappa shape index (κ1) is 27.4. The monoisotopic (exact) mass is 538 g/mol. The zero-order valence-electron chi connectivity index (χ0n) is 21.4. The van der Waals surface area contributed by atoms with Gasteiger partial charge in [0.1, 0.15) is 11.9 Å². The Bertz CT molecular complexity index is 1120. The fourth-order valence-electron chi connectivity index (χ4n) is 4.56. The van der Waals surface area contributed by atoms with Gasteiger partial charge in [0.15, 0.2) is 23.1 Å². The van der Waals surface area contributed by atoms with Crippen LogP contribution in [0.5, 0.6) is 17.2 Å². The molecular weight excluding hydrogens is 506 g/mol. The molecule has 2 heterocycles. The van der Waals surface area contributed by atoms with Crippen LogP contribution in [0, 0.1) is 17.6 Å². The number of hydrogen-bond donors (Lipinski definition) is 0. The normalized spacial score (nSPS) is 18.0. The third-order valence-electron chi connectivity index (χ3n) is 6.27. The lowest BCUT2D eigenvalue weighted by atomic mass is 10.1. The van der Waals surface area contributed by atoms with Gasteiger partial charge in [-0.25, -0.2) is 8.78 Å². The second kappa shape index (κ2) is 12.3. The Morgan fingerprint density at radius 1 is 1.16 bits per heavy atom. The summed E-state index contributed by atoms with van der Waals surface area (Å²) in [4.78, 5) is 17.3. The quantitative estimate of drug-likeness (QED) is 0.487. The fourth-order valence-corrected chi connectivity index (χ4v) is 4.85. The predicted molar refractivity (Wildman–Crippen MR) is 135 cm³/mol. The molecule has 1 unspecified atom stereocenters. The molecular formula is C27H33ClF2N2O5. The van der Waals surface area contributed by atoms with Crippen molar-refractivity contribution >= 4 is 17.5 Å². The van der Waals surface area contributed by atoms with Crippen molar-refractivity contribution in [3.8, 4) is 17.2 Å². The highest BCUT2D eigenvalue weighted by Crippen LogP contribution is 2.38. The highest BCUT2D eigenvalue weighted by Gasteiger charge is 2.31. The molecule has 202 valence electrons. The number of benzene rings is 2. The van der Waals surface area contributed by atoms with Crippen LogP contribution in [0.15, 0.2) is 24.3 Å². The molecule has 2 aliphatic heterocycles. The molecule has 2 aromatic carbocycles. The van der Waals surface area contributed by atoms with Crippen molar-refractivity contribution in [1.29, 1.82) is 0 Å². The van der Waals surface area contributed by atoms with Crippen molar-refractivity contribution in [2.75, 3.05) is 46.6 Å². The van der Waals surface area contributed by atoms with Gasteiger partial charge in [-0.15, -0.1) is 0 Å². The summed E-state index contributed by atoms with van der Waals surface area (Å²) in [6, 6.07) is 5.85. The zero-order chi connectivity index (χ0) is 26.5. The largest absolute Gasteiger partial charge is 0.494 e. The molecule has 0 aliphatic carbocycles. The van der Waals surface area contributed by atoms with Gasteiger partial charge in [-0.3, -0.25) is 9.69 Å². The van der Waals surface area contributed by atoms with Crippen LogP contribution in [0.25, 0.3) is 0 Å². The number of morpholine rings is 1. The maximum absolute atomic E-state index is 14.4. The molecule has 4 rings (SSSR count). The number of carbonyl (C=O) groups excluding carboxylic acids is 1. The SMILES string of the molecule is COc1cc(CN2CCOC(C(=O)N(Cc3cc(Cl)c4c(c3)OCCCO4)CC(C)C)C2)c(F)cc1F. The lowest BCUT2D eigenvalue weighted by Gasteiger charge is -2.35. The van der Waals surface area contributed by atoms with Gasteiger partial charge in [0, 0.05) is 50.8 Å². The van der Waals surface area contributed by atoms with Gasteiger partial charge in [0.05, 0.1) is 32.0 Å². The molecule has 0 N–H and O–H groups in total. The smallest absolute Gasteiger partial charge is 0.253 e. The molecule has 2 aliphatic rings. The molecule has 1 amide bonds. The standard InChI is InChI=1S/C27H33ClF2N2O5/c1-17(2)13-32(14-18-9-20(28)26-24(10-18)35-6-4-7-37-26)27(33)25-16-31(5-8-36-25)15-19-11-23(34-3)22(30)12-21(19)29/h9-12,17,25H,4-8,13-16H2,1-3H3. The molecule has 0 aromatic heterocycles. The van der Waals surface area contributed by atoms with Crippen LogP contribution < -0.4 is 14.2 Å². The fraction of sp³-hybridized carbons (Fsp3) is 0.519. The van der Waals surface area contributed by atoms with E-state index < -0.39 is 17.7 Å². The van der Waals surface area contributed by atoms with Crippen LogP contribution >= 0.6 is 11.6 Å². The van der Waals surface area contributed by atoms with Gasteiger partial charge in [-0.1, -0.05) is 25.4 Å². The van der Waals surface area contributed by atoms with Crippen LogP contribution in [-0.2, 0) is 22.6 Å². The first-order valence-electron chi connectivity index (χ1n) is 12.5. The maximum Gasteiger partial charge on any atom is 0.253 e. The zero-order valence-corrected chi connectivity index (χ0v) is 22.2. The minimum Gasteiger partial charge on any atom is -0.494 e. The summed E-state index contributed by atoms with van der Waals surface area (Å²) in [7, 11) is 1.34. The van der Waals surface area contributed by atoms with Gasteiger partial charge in [-0.05, 0) is 29.7 Å². The van der Waals surface area contributed by atoms with Crippen molar-refractivity contribution in [3.05, 3.63) is 52.0 Å².